The third-order valence-corrected chi connectivity index (χ3v) is 10.4. The van der Waals surface area contributed by atoms with Crippen LogP contribution in [0.4, 0.5) is 0 Å². The van der Waals surface area contributed by atoms with E-state index < -0.39 is 0 Å². The molecule has 1 spiro atoms. The highest BCUT2D eigenvalue weighted by atomic mass is 79.9. The molecule has 6 nitrogen and oxygen atoms in total. The first-order valence-corrected chi connectivity index (χ1v) is 13.5. The molecule has 1 N–H and O–H groups in total. The van der Waals surface area contributed by atoms with Crippen LogP contribution in [-0.4, -0.2) is 66.8 Å². The largest absolute Gasteiger partial charge is 0.508 e. The molecule has 3 heterocycles. The topological polar surface area (TPSA) is 62.2 Å². The molecule has 2 aliphatic carbocycles. The van der Waals surface area contributed by atoms with E-state index in [2.05, 4.69) is 27.9 Å². The summed E-state index contributed by atoms with van der Waals surface area (Å²) in [5.74, 6) is 2.09. The molecule has 1 aromatic carbocycles. The van der Waals surface area contributed by atoms with E-state index in [4.69, 9.17) is 9.47 Å². The van der Waals surface area contributed by atoms with Crippen LogP contribution in [0.3, 0.4) is 0 Å². The third kappa shape index (κ3) is 3.04. The van der Waals surface area contributed by atoms with Gasteiger partial charge in [-0.2, -0.15) is 0 Å². The van der Waals surface area contributed by atoms with Gasteiger partial charge in [0.25, 0.3) is 0 Å². The number of hydrogen-bond donors (Lipinski definition) is 1. The number of rotatable bonds is 4. The number of ether oxygens (including phenoxy) is 2. The highest BCUT2D eigenvalue weighted by molar-refractivity contribution is 9.10. The quantitative estimate of drug-likeness (QED) is 0.576. The summed E-state index contributed by atoms with van der Waals surface area (Å²) in [4.78, 5) is 18.6. The lowest BCUT2D eigenvalue weighted by atomic mass is 9.51. The van der Waals surface area contributed by atoms with Crippen LogP contribution in [0.25, 0.3) is 6.08 Å². The molecule has 8 heteroatoms. The number of nitrogens with zero attached hydrogens (tertiary/aromatic N) is 2. The van der Waals surface area contributed by atoms with E-state index in [1.165, 1.54) is 0 Å². The Morgan fingerprint density at radius 1 is 1.41 bits per heavy atom. The third-order valence-electron chi connectivity index (χ3n) is 8.70. The summed E-state index contributed by atoms with van der Waals surface area (Å²) < 4.78 is 13.4. The molecule has 2 fully saturated rings. The van der Waals surface area contributed by atoms with Crippen molar-refractivity contribution in [1.82, 2.24) is 9.80 Å². The fourth-order valence-corrected chi connectivity index (χ4v) is 8.50. The van der Waals surface area contributed by atoms with E-state index in [9.17, 15) is 9.90 Å². The number of piperidine rings is 1. The number of amides is 1. The first-order chi connectivity index (χ1) is 16.3. The molecule has 1 amide bonds. The zero-order chi connectivity index (χ0) is 23.8. The summed E-state index contributed by atoms with van der Waals surface area (Å²) in [5, 5.41) is 13.0. The summed E-state index contributed by atoms with van der Waals surface area (Å²) in [5.41, 5.74) is 1.95. The van der Waals surface area contributed by atoms with Crippen LogP contribution in [-0.2, 0) is 16.6 Å². The molecule has 5 atom stereocenters. The maximum absolute atomic E-state index is 13.3. The van der Waals surface area contributed by atoms with Crippen molar-refractivity contribution in [3.63, 3.8) is 0 Å². The number of benzene rings is 1. The van der Waals surface area contributed by atoms with Gasteiger partial charge in [0.1, 0.15) is 11.9 Å². The number of carbonyl (C=O) groups is 1. The number of hydrogen-bond acceptors (Lipinski definition) is 6. The summed E-state index contributed by atoms with van der Waals surface area (Å²) in [6.45, 7) is 0.982. The van der Waals surface area contributed by atoms with E-state index in [0.29, 0.717) is 23.5 Å². The Morgan fingerprint density at radius 2 is 2.24 bits per heavy atom. The number of phenolic OH excluding ortho intramolecular Hbond substituents is 1. The van der Waals surface area contributed by atoms with Gasteiger partial charge in [0.2, 0.25) is 5.91 Å². The number of phenols is 1. The van der Waals surface area contributed by atoms with Crippen molar-refractivity contribution in [2.45, 2.75) is 49.3 Å². The van der Waals surface area contributed by atoms with Crippen molar-refractivity contribution in [2.24, 2.45) is 5.92 Å². The van der Waals surface area contributed by atoms with Crippen LogP contribution in [0.2, 0.25) is 0 Å². The molecule has 2 aliphatic heterocycles. The van der Waals surface area contributed by atoms with Gasteiger partial charge in [0.05, 0.1) is 13.2 Å². The molecule has 4 aliphatic rings. The molecular weight excluding hydrogens is 516 g/mol. The predicted molar refractivity (Wildman–Crippen MR) is 136 cm³/mol. The molecule has 1 saturated heterocycles. The van der Waals surface area contributed by atoms with Gasteiger partial charge in [0, 0.05) is 56.5 Å². The Hall–Kier alpha value is -2.03. The standard InChI is InChI=1S/C26H29BrN2O4S/c1-28-9-8-26-17-5-6-18(29(2)22(31)7-4-15-10-14(27)13-34-15)25(26)33-24-21(32-3)12-20(30)16(23(24)26)11-19(17)28/h4,7,10,12-13,17-19,25,30H,5-6,8-9,11H2,1-3H3/b7-4+/t17-,18-,19+,25-,26-/m0/s1. The van der Waals surface area contributed by atoms with E-state index in [1.54, 1.807) is 30.6 Å². The number of aromatic hydroxyl groups is 1. The predicted octanol–water partition coefficient (Wildman–Crippen LogP) is 4.43. The van der Waals surface area contributed by atoms with Crippen molar-refractivity contribution in [2.75, 3.05) is 27.7 Å². The number of carbonyl (C=O) groups excluding carboxylic acids is 1. The Kier molecular flexibility index (Phi) is 5.28. The normalized spacial score (nSPS) is 31.3. The maximum atomic E-state index is 13.3. The van der Waals surface area contributed by atoms with Crippen molar-refractivity contribution in [1.29, 1.82) is 0 Å². The zero-order valence-corrected chi connectivity index (χ0v) is 22.0. The summed E-state index contributed by atoms with van der Waals surface area (Å²) in [6.07, 6.45) is 7.13. The van der Waals surface area contributed by atoms with Gasteiger partial charge in [-0.1, -0.05) is 0 Å². The first kappa shape index (κ1) is 22.4. The van der Waals surface area contributed by atoms with Gasteiger partial charge < -0.3 is 24.4 Å². The fourth-order valence-electron chi connectivity index (χ4n) is 7.16. The van der Waals surface area contributed by atoms with Gasteiger partial charge >= 0.3 is 0 Å². The molecule has 2 bridgehead atoms. The van der Waals surface area contributed by atoms with Crippen molar-refractivity contribution < 1.29 is 19.4 Å². The molecule has 1 saturated carbocycles. The number of methoxy groups -OCH3 is 1. The lowest BCUT2D eigenvalue weighted by Crippen LogP contribution is -2.68. The number of thiophene rings is 1. The van der Waals surface area contributed by atoms with Crippen molar-refractivity contribution >= 4 is 39.2 Å². The number of halogens is 1. The summed E-state index contributed by atoms with van der Waals surface area (Å²) >= 11 is 5.07. The Labute approximate surface area is 212 Å². The minimum absolute atomic E-state index is 0.0146. The van der Waals surface area contributed by atoms with Crippen LogP contribution < -0.4 is 9.47 Å². The minimum atomic E-state index is -0.202. The molecule has 0 radical (unpaired) electrons. The Balaban J connectivity index is 1.39. The van der Waals surface area contributed by atoms with E-state index in [-0.39, 0.29) is 23.5 Å². The summed E-state index contributed by atoms with van der Waals surface area (Å²) in [7, 11) is 5.72. The molecule has 6 rings (SSSR count). The van der Waals surface area contributed by atoms with E-state index in [1.807, 2.05) is 29.5 Å². The second-order valence-corrected chi connectivity index (χ2v) is 11.9. The molecule has 0 unspecified atom stereocenters. The highest BCUT2D eigenvalue weighted by Gasteiger charge is 2.66. The van der Waals surface area contributed by atoms with Gasteiger partial charge in [-0.3, -0.25) is 4.79 Å². The second-order valence-electron chi connectivity index (χ2n) is 10.1. The number of likely N-dealkylation sites (N-methyl/N-ethyl adjacent to an activating group) is 2. The lowest BCUT2D eigenvalue weighted by Gasteiger charge is -2.59. The zero-order valence-electron chi connectivity index (χ0n) is 19.6. The monoisotopic (exact) mass is 544 g/mol. The van der Waals surface area contributed by atoms with Gasteiger partial charge in [0.15, 0.2) is 11.5 Å². The maximum Gasteiger partial charge on any atom is 0.246 e. The van der Waals surface area contributed by atoms with Crippen LogP contribution in [0.15, 0.2) is 28.1 Å². The Bertz CT molecular complexity index is 1200. The minimum Gasteiger partial charge on any atom is -0.508 e. The molecule has 2 aromatic rings. The smallest absolute Gasteiger partial charge is 0.246 e. The average Bonchev–Trinajstić information content (AvgIpc) is 3.40. The van der Waals surface area contributed by atoms with E-state index in [0.717, 1.165) is 58.5 Å². The van der Waals surface area contributed by atoms with Crippen LogP contribution in [0.1, 0.15) is 35.3 Å². The molecule has 180 valence electrons. The SMILES string of the molecule is COc1cc(O)c2c3c1O[C@H]1[C@@H](N(C)C(=O)/C=C/c4cc(Br)cs4)CC[C@H]4[C@@H](C2)N(C)CC[C@@]341. The lowest BCUT2D eigenvalue weighted by molar-refractivity contribution is -0.134. The fraction of sp³-hybridized carbons (Fsp3) is 0.500. The highest BCUT2D eigenvalue weighted by Crippen LogP contribution is 2.65. The molecule has 1 aromatic heterocycles. The molecule has 34 heavy (non-hydrogen) atoms. The summed E-state index contributed by atoms with van der Waals surface area (Å²) in [6, 6.07) is 4.04. The Morgan fingerprint density at radius 3 is 2.97 bits per heavy atom. The second kappa shape index (κ2) is 8.00. The average molecular weight is 545 g/mol. The van der Waals surface area contributed by atoms with Crippen LogP contribution in [0.5, 0.6) is 17.2 Å². The van der Waals surface area contributed by atoms with Gasteiger partial charge in [-0.05, 0) is 73.3 Å². The first-order valence-electron chi connectivity index (χ1n) is 11.8. The van der Waals surface area contributed by atoms with Crippen molar-refractivity contribution in [3.8, 4) is 17.2 Å². The van der Waals surface area contributed by atoms with Crippen LogP contribution >= 0.6 is 27.3 Å². The van der Waals surface area contributed by atoms with Crippen LogP contribution in [0, 0.1) is 5.92 Å². The van der Waals surface area contributed by atoms with Crippen molar-refractivity contribution in [3.05, 3.63) is 44.1 Å². The van der Waals surface area contributed by atoms with E-state index >= 15 is 0 Å². The van der Waals surface area contributed by atoms with Gasteiger partial charge in [-0.25, -0.2) is 0 Å². The van der Waals surface area contributed by atoms with Gasteiger partial charge in [-0.15, -0.1) is 11.3 Å². The number of likely N-dealkylation sites (tertiary alicyclic amines) is 1. The molecular formula is C26H29BrN2O4S.